The van der Waals surface area contributed by atoms with Gasteiger partial charge in [0.1, 0.15) is 23.4 Å². The summed E-state index contributed by atoms with van der Waals surface area (Å²) in [5.74, 6) is -2.57. The molecule has 140 valence electrons. The van der Waals surface area contributed by atoms with Crippen LogP contribution < -0.4 is 0 Å². The Hall–Kier alpha value is -2.26. The number of azide groups is 1. The SMILES string of the molecule is [N-]=[N+]=NC[C@H]1CC(c2cc(F)c(C3(F)CCS(=N)(=O)CC3)c(F)c2)=NO1. The van der Waals surface area contributed by atoms with Gasteiger partial charge >= 0.3 is 0 Å². The third-order valence-corrected chi connectivity index (χ3v) is 6.29. The number of rotatable bonds is 4. The number of halogens is 3. The zero-order chi connectivity index (χ0) is 18.9. The van der Waals surface area contributed by atoms with E-state index in [1.54, 1.807) is 0 Å². The molecule has 0 amide bonds. The Morgan fingerprint density at radius 3 is 2.58 bits per heavy atom. The van der Waals surface area contributed by atoms with E-state index in [0.717, 1.165) is 12.1 Å². The first-order valence-corrected chi connectivity index (χ1v) is 9.80. The van der Waals surface area contributed by atoms with Gasteiger partial charge in [-0.05, 0) is 30.5 Å². The van der Waals surface area contributed by atoms with Crippen molar-refractivity contribution < 1.29 is 22.2 Å². The van der Waals surface area contributed by atoms with Crippen molar-refractivity contribution in [1.29, 1.82) is 4.78 Å². The van der Waals surface area contributed by atoms with Gasteiger partial charge in [-0.3, -0.25) is 4.78 Å². The molecule has 11 heteroatoms. The number of benzene rings is 1. The summed E-state index contributed by atoms with van der Waals surface area (Å²) in [4.78, 5) is 7.65. The number of oxime groups is 1. The maximum atomic E-state index is 15.1. The first-order valence-electron chi connectivity index (χ1n) is 7.91. The molecule has 1 N–H and O–H groups in total. The van der Waals surface area contributed by atoms with Gasteiger partial charge in [0.05, 0.1) is 17.8 Å². The maximum Gasteiger partial charge on any atom is 0.143 e. The smallest absolute Gasteiger partial charge is 0.143 e. The third kappa shape index (κ3) is 3.63. The summed E-state index contributed by atoms with van der Waals surface area (Å²) in [6.45, 7) is 0.0343. The minimum atomic E-state index is -2.88. The molecule has 0 radical (unpaired) electrons. The second kappa shape index (κ2) is 6.81. The molecule has 2 aliphatic heterocycles. The molecule has 2 heterocycles. The molecule has 0 aromatic heterocycles. The fourth-order valence-corrected chi connectivity index (χ4v) is 4.63. The molecule has 2 aliphatic rings. The minimum absolute atomic E-state index is 0.0343. The Labute approximate surface area is 147 Å². The summed E-state index contributed by atoms with van der Waals surface area (Å²) in [6, 6.07) is 1.98. The summed E-state index contributed by atoms with van der Waals surface area (Å²) in [5.41, 5.74) is 5.71. The zero-order valence-corrected chi connectivity index (χ0v) is 14.4. The van der Waals surface area contributed by atoms with Gasteiger partial charge in [0.15, 0.2) is 0 Å². The van der Waals surface area contributed by atoms with Crippen LogP contribution in [0.25, 0.3) is 10.4 Å². The van der Waals surface area contributed by atoms with Gasteiger partial charge < -0.3 is 4.84 Å². The molecule has 3 rings (SSSR count). The van der Waals surface area contributed by atoms with Crippen molar-refractivity contribution in [3.63, 3.8) is 0 Å². The summed E-state index contributed by atoms with van der Waals surface area (Å²) >= 11 is 0. The molecule has 0 spiro atoms. The van der Waals surface area contributed by atoms with Crippen molar-refractivity contribution in [2.75, 3.05) is 18.1 Å². The van der Waals surface area contributed by atoms with Gasteiger partial charge in [-0.15, -0.1) is 0 Å². The average Bonchev–Trinajstić information content (AvgIpc) is 3.04. The maximum absolute atomic E-state index is 15.1. The quantitative estimate of drug-likeness (QED) is 0.482. The Morgan fingerprint density at radius 1 is 1.38 bits per heavy atom. The van der Waals surface area contributed by atoms with E-state index in [0.29, 0.717) is 0 Å². The van der Waals surface area contributed by atoms with Gasteiger partial charge in [-0.25, -0.2) is 17.4 Å². The second-order valence-corrected chi connectivity index (χ2v) is 8.82. The number of nitrogens with zero attached hydrogens (tertiary/aromatic N) is 4. The summed E-state index contributed by atoms with van der Waals surface area (Å²) in [6.07, 6.45) is -1.02. The van der Waals surface area contributed by atoms with E-state index >= 15 is 4.39 Å². The molecule has 0 aliphatic carbocycles. The molecule has 7 nitrogen and oxygen atoms in total. The predicted molar refractivity (Wildman–Crippen MR) is 89.0 cm³/mol. The largest absolute Gasteiger partial charge is 0.392 e. The Kier molecular flexibility index (Phi) is 4.85. The Morgan fingerprint density at radius 2 is 2.00 bits per heavy atom. The summed E-state index contributed by atoms with van der Waals surface area (Å²) < 4.78 is 63.3. The standard InChI is InChI=1S/C15H16F3N5O2S/c16-11-5-9(13-7-10(25-22-13)8-21-23-19)6-12(17)14(11)15(18)1-3-26(20,24)4-2-15/h5-6,10,20H,1-4,7-8H2/t10-,15?,26?/m1/s1. The third-order valence-electron chi connectivity index (χ3n) is 4.56. The van der Waals surface area contributed by atoms with E-state index in [-0.39, 0.29) is 48.6 Å². The van der Waals surface area contributed by atoms with E-state index < -0.39 is 38.7 Å². The van der Waals surface area contributed by atoms with Crippen molar-refractivity contribution in [1.82, 2.24) is 0 Å². The lowest BCUT2D eigenvalue weighted by atomic mass is 9.87. The molecule has 0 bridgehead atoms. The highest BCUT2D eigenvalue weighted by Gasteiger charge is 2.42. The molecule has 1 atom stereocenters. The van der Waals surface area contributed by atoms with Crippen molar-refractivity contribution in [2.24, 2.45) is 10.3 Å². The predicted octanol–water partition coefficient (Wildman–Crippen LogP) is 3.77. The van der Waals surface area contributed by atoms with Crippen LogP contribution in [0.1, 0.15) is 30.4 Å². The lowest BCUT2D eigenvalue weighted by molar-refractivity contribution is 0.0919. The van der Waals surface area contributed by atoms with Gasteiger partial charge in [0.2, 0.25) is 0 Å². The first kappa shape index (κ1) is 18.5. The highest BCUT2D eigenvalue weighted by atomic mass is 32.2. The highest BCUT2D eigenvalue weighted by molar-refractivity contribution is 7.92. The molecular weight excluding hydrogens is 371 g/mol. The van der Waals surface area contributed by atoms with Crippen molar-refractivity contribution in [2.45, 2.75) is 31.0 Å². The van der Waals surface area contributed by atoms with Crippen LogP contribution in [0.4, 0.5) is 13.2 Å². The van der Waals surface area contributed by atoms with Gasteiger partial charge in [-0.1, -0.05) is 10.3 Å². The van der Waals surface area contributed by atoms with E-state index in [1.807, 2.05) is 0 Å². The number of hydrogen-bond acceptors (Lipinski definition) is 5. The van der Waals surface area contributed by atoms with Crippen LogP contribution in [0.3, 0.4) is 0 Å². The first-order chi connectivity index (χ1) is 12.2. The fourth-order valence-electron chi connectivity index (χ4n) is 3.12. The molecule has 26 heavy (non-hydrogen) atoms. The lowest BCUT2D eigenvalue weighted by Gasteiger charge is -2.31. The van der Waals surface area contributed by atoms with Gasteiger partial charge in [0, 0.05) is 38.1 Å². The monoisotopic (exact) mass is 387 g/mol. The van der Waals surface area contributed by atoms with Gasteiger partial charge in [0.25, 0.3) is 0 Å². The zero-order valence-electron chi connectivity index (χ0n) is 13.6. The van der Waals surface area contributed by atoms with Crippen LogP contribution in [0, 0.1) is 16.4 Å². The molecule has 1 aromatic carbocycles. The Balaban J connectivity index is 1.85. The normalized spacial score (nSPS) is 31.0. The Bertz CT molecular complexity index is 875. The van der Waals surface area contributed by atoms with Gasteiger partial charge in [-0.2, -0.15) is 0 Å². The van der Waals surface area contributed by atoms with E-state index in [9.17, 15) is 13.0 Å². The number of nitrogens with one attached hydrogen (secondary N) is 1. The average molecular weight is 387 g/mol. The van der Waals surface area contributed by atoms with Crippen LogP contribution in [0.2, 0.25) is 0 Å². The van der Waals surface area contributed by atoms with Crippen molar-refractivity contribution >= 4 is 15.4 Å². The van der Waals surface area contributed by atoms with Crippen molar-refractivity contribution in [3.05, 3.63) is 45.3 Å². The number of hydrogen-bond donors (Lipinski definition) is 1. The van der Waals surface area contributed by atoms with Crippen LogP contribution in [0.15, 0.2) is 22.4 Å². The molecule has 1 aromatic rings. The van der Waals surface area contributed by atoms with Crippen LogP contribution in [-0.4, -0.2) is 34.1 Å². The van der Waals surface area contributed by atoms with Crippen LogP contribution in [-0.2, 0) is 20.2 Å². The summed E-state index contributed by atoms with van der Waals surface area (Å²) in [7, 11) is -2.88. The van der Waals surface area contributed by atoms with Crippen LogP contribution in [0.5, 0.6) is 0 Å². The van der Waals surface area contributed by atoms with Crippen LogP contribution >= 0.6 is 0 Å². The van der Waals surface area contributed by atoms with E-state index in [1.165, 1.54) is 0 Å². The van der Waals surface area contributed by atoms with E-state index in [4.69, 9.17) is 15.1 Å². The molecule has 0 unspecified atom stereocenters. The fraction of sp³-hybridized carbons (Fsp3) is 0.533. The lowest BCUT2D eigenvalue weighted by Crippen LogP contribution is -2.34. The molecule has 1 saturated heterocycles. The second-order valence-electron chi connectivity index (χ2n) is 6.38. The number of alkyl halides is 1. The summed E-state index contributed by atoms with van der Waals surface area (Å²) in [5, 5.41) is 7.10. The molecule has 0 saturated carbocycles. The van der Waals surface area contributed by atoms with Crippen molar-refractivity contribution in [3.8, 4) is 0 Å². The minimum Gasteiger partial charge on any atom is -0.392 e. The topological polar surface area (TPSA) is 111 Å². The molecular formula is C15H16F3N5O2S. The highest BCUT2D eigenvalue weighted by Crippen LogP contribution is 2.41. The van der Waals surface area contributed by atoms with E-state index in [2.05, 4.69) is 15.2 Å². The molecule has 1 fully saturated rings.